The van der Waals surface area contributed by atoms with E-state index in [1.54, 1.807) is 40.0 Å². The molecule has 7 heteroatoms. The normalized spacial score (nSPS) is 13.1. The Morgan fingerprint density at radius 2 is 1.91 bits per heavy atom. The van der Waals surface area contributed by atoms with Gasteiger partial charge in [0.05, 0.1) is 11.5 Å². The highest BCUT2D eigenvalue weighted by Gasteiger charge is 2.24. The molecule has 0 saturated heterocycles. The monoisotopic (exact) mass is 342 g/mol. The summed E-state index contributed by atoms with van der Waals surface area (Å²) in [6, 6.07) is 4.58. The molecular formula is C16H26N2O4S. The van der Waals surface area contributed by atoms with Crippen molar-refractivity contribution < 1.29 is 17.9 Å². The van der Waals surface area contributed by atoms with Crippen LogP contribution in [-0.2, 0) is 14.8 Å². The molecule has 0 aliphatic rings. The molecule has 1 N–H and O–H groups in total. The van der Waals surface area contributed by atoms with Gasteiger partial charge in [-0.05, 0) is 31.5 Å². The highest BCUT2D eigenvalue weighted by Crippen LogP contribution is 2.21. The van der Waals surface area contributed by atoms with Gasteiger partial charge >= 0.3 is 0 Å². The molecule has 6 nitrogen and oxygen atoms in total. The van der Waals surface area contributed by atoms with Crippen LogP contribution in [0.1, 0.15) is 36.7 Å². The number of hydrogen-bond acceptors (Lipinski definition) is 4. The lowest BCUT2D eigenvalue weighted by Gasteiger charge is -2.20. The molecule has 0 aliphatic heterocycles. The number of aryl methyl sites for hydroxylation is 1. The van der Waals surface area contributed by atoms with Gasteiger partial charge in [-0.3, -0.25) is 4.79 Å². The van der Waals surface area contributed by atoms with Gasteiger partial charge < -0.3 is 10.1 Å². The fraction of sp³-hybridized carbons (Fsp3) is 0.562. The zero-order valence-corrected chi connectivity index (χ0v) is 15.2. The number of nitrogens with zero attached hydrogens (tertiary/aromatic N) is 1. The fourth-order valence-electron chi connectivity index (χ4n) is 2.32. The van der Waals surface area contributed by atoms with Crippen molar-refractivity contribution in [2.75, 3.05) is 26.8 Å². The van der Waals surface area contributed by atoms with E-state index < -0.39 is 10.0 Å². The van der Waals surface area contributed by atoms with Gasteiger partial charge in [0.2, 0.25) is 10.0 Å². The summed E-state index contributed by atoms with van der Waals surface area (Å²) in [5.74, 6) is -0.314. The number of methoxy groups -OCH3 is 1. The van der Waals surface area contributed by atoms with Crippen LogP contribution in [0, 0.1) is 6.92 Å². The number of sulfonamides is 1. The molecule has 23 heavy (non-hydrogen) atoms. The third kappa shape index (κ3) is 4.76. The van der Waals surface area contributed by atoms with Crippen LogP contribution in [0.25, 0.3) is 0 Å². The number of benzene rings is 1. The molecule has 0 spiro atoms. The van der Waals surface area contributed by atoms with Crippen LogP contribution in [0.3, 0.4) is 0 Å². The highest BCUT2D eigenvalue weighted by atomic mass is 32.2. The molecule has 1 amide bonds. The minimum absolute atomic E-state index is 0.156. The second-order valence-corrected chi connectivity index (χ2v) is 7.31. The van der Waals surface area contributed by atoms with Crippen molar-refractivity contribution in [3.8, 4) is 0 Å². The lowest BCUT2D eigenvalue weighted by molar-refractivity contribution is 0.0905. The van der Waals surface area contributed by atoms with E-state index in [4.69, 9.17) is 4.74 Å². The van der Waals surface area contributed by atoms with Crippen LogP contribution >= 0.6 is 0 Å². The molecule has 0 heterocycles. The number of rotatable bonds is 8. The van der Waals surface area contributed by atoms with Crippen molar-refractivity contribution in [1.29, 1.82) is 0 Å². The molecule has 0 aliphatic carbocycles. The van der Waals surface area contributed by atoms with E-state index in [2.05, 4.69) is 5.32 Å². The average Bonchev–Trinajstić information content (AvgIpc) is 2.48. The van der Waals surface area contributed by atoms with Crippen LogP contribution in [-0.4, -0.2) is 51.5 Å². The van der Waals surface area contributed by atoms with Crippen molar-refractivity contribution in [3.05, 3.63) is 29.3 Å². The Balaban J connectivity index is 3.16. The molecule has 0 fully saturated rings. The summed E-state index contributed by atoms with van der Waals surface area (Å²) >= 11 is 0. The standard InChI is InChI=1S/C16H26N2O4S/c1-6-18(7-2)23(20,21)15-10-14(9-8-12(15)3)16(19)17-13(4)11-22-5/h8-10,13H,6-7,11H2,1-5H3,(H,17,19). The number of nitrogens with one attached hydrogen (secondary N) is 1. The molecule has 0 aromatic heterocycles. The summed E-state index contributed by atoms with van der Waals surface area (Å²) in [6.45, 7) is 8.30. The maximum atomic E-state index is 12.7. The number of carbonyl (C=O) groups is 1. The summed E-state index contributed by atoms with van der Waals surface area (Å²) < 4.78 is 31.7. The van der Waals surface area contributed by atoms with E-state index in [0.29, 0.717) is 30.8 Å². The maximum Gasteiger partial charge on any atom is 0.251 e. The second-order valence-electron chi connectivity index (χ2n) is 5.40. The molecular weight excluding hydrogens is 316 g/mol. The van der Waals surface area contributed by atoms with Gasteiger partial charge in [0.25, 0.3) is 5.91 Å². The molecule has 1 atom stereocenters. The molecule has 0 bridgehead atoms. The SMILES string of the molecule is CCN(CC)S(=O)(=O)c1cc(C(=O)NC(C)COC)ccc1C. The predicted octanol–water partition coefficient (Wildman–Crippen LogP) is 1.79. The van der Waals surface area contributed by atoms with E-state index in [-0.39, 0.29) is 16.8 Å². The summed E-state index contributed by atoms with van der Waals surface area (Å²) in [5.41, 5.74) is 0.947. The average molecular weight is 342 g/mol. The van der Waals surface area contributed by atoms with Crippen molar-refractivity contribution in [2.24, 2.45) is 0 Å². The maximum absolute atomic E-state index is 12.7. The third-order valence-electron chi connectivity index (χ3n) is 3.57. The number of amides is 1. The smallest absolute Gasteiger partial charge is 0.251 e. The van der Waals surface area contributed by atoms with Crippen LogP contribution in [0.15, 0.2) is 23.1 Å². The largest absolute Gasteiger partial charge is 0.383 e. The highest BCUT2D eigenvalue weighted by molar-refractivity contribution is 7.89. The Morgan fingerprint density at radius 3 is 2.43 bits per heavy atom. The number of carbonyl (C=O) groups excluding carboxylic acids is 1. The van der Waals surface area contributed by atoms with Crippen LogP contribution in [0.5, 0.6) is 0 Å². The first-order valence-electron chi connectivity index (χ1n) is 7.68. The third-order valence-corrected chi connectivity index (χ3v) is 5.76. The quantitative estimate of drug-likeness (QED) is 0.781. The summed E-state index contributed by atoms with van der Waals surface area (Å²) in [7, 11) is -2.04. The van der Waals surface area contributed by atoms with Crippen LogP contribution in [0.2, 0.25) is 0 Å². The molecule has 0 saturated carbocycles. The Kier molecular flexibility index (Phi) is 7.18. The van der Waals surface area contributed by atoms with Crippen LogP contribution in [0.4, 0.5) is 0 Å². The Hall–Kier alpha value is -1.44. The molecule has 1 aromatic carbocycles. The number of hydrogen-bond donors (Lipinski definition) is 1. The van der Waals surface area contributed by atoms with Crippen molar-refractivity contribution in [3.63, 3.8) is 0 Å². The zero-order chi connectivity index (χ0) is 17.6. The van der Waals surface area contributed by atoms with E-state index in [1.807, 2.05) is 6.92 Å². The van der Waals surface area contributed by atoms with Gasteiger partial charge in [-0.2, -0.15) is 4.31 Å². The Bertz CT molecular complexity index is 639. The summed E-state index contributed by atoms with van der Waals surface area (Å²) in [6.07, 6.45) is 0. The summed E-state index contributed by atoms with van der Waals surface area (Å²) in [4.78, 5) is 12.4. The van der Waals surface area contributed by atoms with Gasteiger partial charge in [0, 0.05) is 31.8 Å². The van der Waals surface area contributed by atoms with E-state index in [9.17, 15) is 13.2 Å². The first-order chi connectivity index (χ1) is 10.8. The van der Waals surface area contributed by atoms with Crippen LogP contribution < -0.4 is 5.32 Å². The minimum atomic E-state index is -3.60. The molecule has 1 rings (SSSR count). The zero-order valence-electron chi connectivity index (χ0n) is 14.4. The van der Waals surface area contributed by atoms with E-state index in [1.165, 1.54) is 10.4 Å². The predicted molar refractivity (Wildman–Crippen MR) is 90.1 cm³/mol. The molecule has 130 valence electrons. The Morgan fingerprint density at radius 1 is 1.30 bits per heavy atom. The lowest BCUT2D eigenvalue weighted by Crippen LogP contribution is -2.36. The van der Waals surface area contributed by atoms with Gasteiger partial charge in [-0.1, -0.05) is 19.9 Å². The van der Waals surface area contributed by atoms with E-state index >= 15 is 0 Å². The summed E-state index contributed by atoms with van der Waals surface area (Å²) in [5, 5.41) is 2.78. The molecule has 1 aromatic rings. The van der Waals surface area contributed by atoms with Crippen molar-refractivity contribution in [1.82, 2.24) is 9.62 Å². The molecule has 1 unspecified atom stereocenters. The van der Waals surface area contributed by atoms with Crippen molar-refractivity contribution >= 4 is 15.9 Å². The topological polar surface area (TPSA) is 75.7 Å². The van der Waals surface area contributed by atoms with Gasteiger partial charge in [0.15, 0.2) is 0 Å². The minimum Gasteiger partial charge on any atom is -0.383 e. The van der Waals surface area contributed by atoms with Gasteiger partial charge in [0.1, 0.15) is 0 Å². The second kappa shape index (κ2) is 8.42. The fourth-order valence-corrected chi connectivity index (χ4v) is 4.03. The lowest BCUT2D eigenvalue weighted by atomic mass is 10.1. The van der Waals surface area contributed by atoms with Gasteiger partial charge in [-0.15, -0.1) is 0 Å². The van der Waals surface area contributed by atoms with Crippen molar-refractivity contribution in [2.45, 2.75) is 38.6 Å². The first kappa shape index (κ1) is 19.6. The van der Waals surface area contributed by atoms with Gasteiger partial charge in [-0.25, -0.2) is 8.42 Å². The van der Waals surface area contributed by atoms with E-state index in [0.717, 1.165) is 0 Å². The Labute approximate surface area is 138 Å². The first-order valence-corrected chi connectivity index (χ1v) is 9.12. The molecule has 0 radical (unpaired) electrons. The number of ether oxygens (including phenoxy) is 1.